The molecule has 11 heavy (non-hydrogen) atoms. The largest absolute Gasteiger partial charge is 0.197 e. The quantitative estimate of drug-likeness (QED) is 0.634. The highest BCUT2D eigenvalue weighted by Crippen LogP contribution is 2.31. The van der Waals surface area contributed by atoms with E-state index < -0.39 is 0 Å². The fourth-order valence-corrected chi connectivity index (χ4v) is 2.79. The van der Waals surface area contributed by atoms with Crippen LogP contribution in [0.1, 0.15) is 32.6 Å². The minimum atomic E-state index is 0.678. The van der Waals surface area contributed by atoms with Gasteiger partial charge in [-0.1, -0.05) is 19.8 Å². The SMILES string of the molecule is CC1CCCC(SCC#N)C1. The van der Waals surface area contributed by atoms with Gasteiger partial charge in [-0.3, -0.25) is 0 Å². The van der Waals surface area contributed by atoms with E-state index in [1.807, 2.05) is 11.8 Å². The predicted molar refractivity (Wildman–Crippen MR) is 49.5 cm³/mol. The summed E-state index contributed by atoms with van der Waals surface area (Å²) in [5.41, 5.74) is 0. The average molecular weight is 169 g/mol. The van der Waals surface area contributed by atoms with Crippen molar-refractivity contribution in [2.75, 3.05) is 5.75 Å². The van der Waals surface area contributed by atoms with Gasteiger partial charge in [0.1, 0.15) is 0 Å². The second-order valence-electron chi connectivity index (χ2n) is 3.36. The normalized spacial score (nSPS) is 31.3. The lowest BCUT2D eigenvalue weighted by Crippen LogP contribution is -2.15. The second kappa shape index (κ2) is 4.66. The zero-order valence-electron chi connectivity index (χ0n) is 7.05. The van der Waals surface area contributed by atoms with Crippen LogP contribution >= 0.6 is 11.8 Å². The summed E-state index contributed by atoms with van der Waals surface area (Å²) in [6.45, 7) is 2.32. The van der Waals surface area contributed by atoms with Crippen LogP contribution in [0.25, 0.3) is 0 Å². The van der Waals surface area contributed by atoms with Crippen LogP contribution in [0.2, 0.25) is 0 Å². The van der Waals surface area contributed by atoms with E-state index in [0.29, 0.717) is 5.75 Å². The standard InChI is InChI=1S/C9H15NS/c1-8-3-2-4-9(7-8)11-6-5-10/h8-9H,2-4,6-7H2,1H3. The zero-order valence-corrected chi connectivity index (χ0v) is 7.86. The summed E-state index contributed by atoms with van der Waals surface area (Å²) < 4.78 is 0. The molecule has 1 aliphatic rings. The Labute approximate surface area is 73.2 Å². The number of hydrogen-bond acceptors (Lipinski definition) is 2. The molecule has 0 aromatic heterocycles. The second-order valence-corrected chi connectivity index (χ2v) is 4.65. The maximum Gasteiger partial charge on any atom is 0.0810 e. The van der Waals surface area contributed by atoms with Gasteiger partial charge in [-0.15, -0.1) is 11.8 Å². The lowest BCUT2D eigenvalue weighted by Gasteiger charge is -2.25. The Morgan fingerprint density at radius 2 is 2.36 bits per heavy atom. The third-order valence-corrected chi connectivity index (χ3v) is 3.47. The molecule has 2 heteroatoms. The van der Waals surface area contributed by atoms with Crippen LogP contribution in [0.5, 0.6) is 0 Å². The molecule has 0 amide bonds. The maximum atomic E-state index is 8.39. The lowest BCUT2D eigenvalue weighted by atomic mass is 9.91. The molecule has 1 saturated carbocycles. The first kappa shape index (κ1) is 8.93. The van der Waals surface area contributed by atoms with Crippen molar-refractivity contribution in [1.82, 2.24) is 0 Å². The highest BCUT2D eigenvalue weighted by atomic mass is 32.2. The zero-order chi connectivity index (χ0) is 8.10. The number of thioether (sulfide) groups is 1. The maximum absolute atomic E-state index is 8.39. The molecular weight excluding hydrogens is 154 g/mol. The first-order chi connectivity index (χ1) is 5.33. The fraction of sp³-hybridized carbons (Fsp3) is 0.889. The molecule has 0 aromatic carbocycles. The summed E-state index contributed by atoms with van der Waals surface area (Å²) in [6, 6.07) is 2.19. The molecule has 0 spiro atoms. The minimum absolute atomic E-state index is 0.678. The van der Waals surface area contributed by atoms with Gasteiger partial charge in [0.05, 0.1) is 11.8 Å². The van der Waals surface area contributed by atoms with Crippen molar-refractivity contribution >= 4 is 11.8 Å². The molecule has 1 nitrogen and oxygen atoms in total. The molecule has 1 fully saturated rings. The third kappa shape index (κ3) is 3.16. The van der Waals surface area contributed by atoms with E-state index in [9.17, 15) is 0 Å². The average Bonchev–Trinajstić information content (AvgIpc) is 2.01. The van der Waals surface area contributed by atoms with E-state index in [1.54, 1.807) is 0 Å². The van der Waals surface area contributed by atoms with Crippen LogP contribution in [0.15, 0.2) is 0 Å². The van der Waals surface area contributed by atoms with Crippen molar-refractivity contribution in [3.8, 4) is 6.07 Å². The Morgan fingerprint density at radius 3 is 3.00 bits per heavy atom. The summed E-state index contributed by atoms with van der Waals surface area (Å²) in [6.07, 6.45) is 5.41. The predicted octanol–water partition coefficient (Wildman–Crippen LogP) is 2.82. The Hall–Kier alpha value is -0.160. The Kier molecular flexibility index (Phi) is 3.79. The summed E-state index contributed by atoms with van der Waals surface area (Å²) in [7, 11) is 0. The van der Waals surface area contributed by atoms with Gasteiger partial charge in [0, 0.05) is 5.25 Å². The third-order valence-electron chi connectivity index (χ3n) is 2.27. The number of nitrogens with zero attached hydrogens (tertiary/aromatic N) is 1. The van der Waals surface area contributed by atoms with E-state index in [-0.39, 0.29) is 0 Å². The van der Waals surface area contributed by atoms with Crippen LogP contribution in [0.3, 0.4) is 0 Å². The molecule has 0 bridgehead atoms. The number of nitriles is 1. The fourth-order valence-electron chi connectivity index (χ4n) is 1.68. The van der Waals surface area contributed by atoms with Crippen LogP contribution in [-0.4, -0.2) is 11.0 Å². The van der Waals surface area contributed by atoms with Crippen molar-refractivity contribution in [3.63, 3.8) is 0 Å². The molecule has 1 rings (SSSR count). The Bertz CT molecular complexity index is 150. The first-order valence-corrected chi connectivity index (χ1v) is 5.36. The van der Waals surface area contributed by atoms with Crippen LogP contribution in [-0.2, 0) is 0 Å². The molecule has 0 aromatic rings. The monoisotopic (exact) mass is 169 g/mol. The van der Waals surface area contributed by atoms with E-state index >= 15 is 0 Å². The summed E-state index contributed by atoms with van der Waals surface area (Å²) >= 11 is 1.84. The summed E-state index contributed by atoms with van der Waals surface area (Å²) in [5, 5.41) is 9.17. The molecule has 2 atom stereocenters. The van der Waals surface area contributed by atoms with Gasteiger partial charge in [0.15, 0.2) is 0 Å². The van der Waals surface area contributed by atoms with Crippen LogP contribution < -0.4 is 0 Å². The van der Waals surface area contributed by atoms with Crippen molar-refractivity contribution < 1.29 is 0 Å². The van der Waals surface area contributed by atoms with E-state index in [4.69, 9.17) is 5.26 Å². The van der Waals surface area contributed by atoms with E-state index in [1.165, 1.54) is 25.7 Å². The summed E-state index contributed by atoms with van der Waals surface area (Å²) in [4.78, 5) is 0. The molecule has 0 N–H and O–H groups in total. The molecule has 0 radical (unpaired) electrons. The van der Waals surface area contributed by atoms with Gasteiger partial charge < -0.3 is 0 Å². The van der Waals surface area contributed by atoms with Crippen LogP contribution in [0.4, 0.5) is 0 Å². The molecular formula is C9H15NS. The van der Waals surface area contributed by atoms with Crippen molar-refractivity contribution in [3.05, 3.63) is 0 Å². The molecule has 0 saturated heterocycles. The van der Waals surface area contributed by atoms with Gasteiger partial charge in [0.25, 0.3) is 0 Å². The van der Waals surface area contributed by atoms with Gasteiger partial charge in [-0.25, -0.2) is 0 Å². The van der Waals surface area contributed by atoms with Gasteiger partial charge in [0.2, 0.25) is 0 Å². The van der Waals surface area contributed by atoms with Crippen molar-refractivity contribution in [2.24, 2.45) is 5.92 Å². The van der Waals surface area contributed by atoms with E-state index in [2.05, 4.69) is 13.0 Å². The highest BCUT2D eigenvalue weighted by Gasteiger charge is 2.18. The Morgan fingerprint density at radius 1 is 1.55 bits per heavy atom. The lowest BCUT2D eigenvalue weighted by molar-refractivity contribution is 0.394. The van der Waals surface area contributed by atoms with Gasteiger partial charge >= 0.3 is 0 Å². The Balaban J connectivity index is 2.18. The summed E-state index contributed by atoms with van der Waals surface area (Å²) in [5.74, 6) is 1.57. The molecule has 1 aliphatic carbocycles. The van der Waals surface area contributed by atoms with Crippen molar-refractivity contribution in [1.29, 1.82) is 5.26 Å². The molecule has 62 valence electrons. The highest BCUT2D eigenvalue weighted by molar-refractivity contribution is 8.00. The smallest absolute Gasteiger partial charge is 0.0810 e. The van der Waals surface area contributed by atoms with E-state index in [0.717, 1.165) is 11.2 Å². The number of hydrogen-bond donors (Lipinski definition) is 0. The molecule has 2 unspecified atom stereocenters. The molecule has 0 heterocycles. The minimum Gasteiger partial charge on any atom is -0.197 e. The van der Waals surface area contributed by atoms with Gasteiger partial charge in [-0.05, 0) is 18.8 Å². The van der Waals surface area contributed by atoms with Gasteiger partial charge in [-0.2, -0.15) is 5.26 Å². The van der Waals surface area contributed by atoms with Crippen LogP contribution in [0, 0.1) is 17.2 Å². The first-order valence-electron chi connectivity index (χ1n) is 4.31. The number of rotatable bonds is 2. The topological polar surface area (TPSA) is 23.8 Å². The van der Waals surface area contributed by atoms with Crippen molar-refractivity contribution in [2.45, 2.75) is 37.9 Å². The molecule has 0 aliphatic heterocycles.